The normalized spacial score (nSPS) is 11.9. The van der Waals surface area contributed by atoms with Crippen LogP contribution in [0.5, 0.6) is 0 Å². The van der Waals surface area contributed by atoms with Crippen molar-refractivity contribution in [1.82, 2.24) is 0 Å². The van der Waals surface area contributed by atoms with Crippen LogP contribution < -0.4 is 0 Å². The van der Waals surface area contributed by atoms with Crippen molar-refractivity contribution in [1.29, 1.82) is 0 Å². The smallest absolute Gasteiger partial charge is 0.318 e. The molecule has 42 heavy (non-hydrogen) atoms. The van der Waals surface area contributed by atoms with Gasteiger partial charge in [-0.2, -0.15) is 0 Å². The first-order chi connectivity index (χ1) is 20.5. The highest BCUT2D eigenvalue weighted by molar-refractivity contribution is 7.26. The van der Waals surface area contributed by atoms with Crippen molar-refractivity contribution >= 4 is 70.5 Å². The number of nitrogens with zero attached hydrogens (tertiary/aromatic N) is 1. The molecule has 1 aromatic heterocycles. The lowest BCUT2D eigenvalue weighted by molar-refractivity contribution is -0.140. The highest BCUT2D eigenvalue weighted by Crippen LogP contribution is 2.41. The largest absolute Gasteiger partial charge is 0.332 e. The zero-order chi connectivity index (χ0) is 28.8. The Hall–Kier alpha value is -5.13. The predicted octanol–water partition coefficient (Wildman–Crippen LogP) is 9.22. The molecule has 202 valence electrons. The maximum Gasteiger partial charge on any atom is 0.332 e. The van der Waals surface area contributed by atoms with E-state index in [2.05, 4.69) is 23.4 Å². The van der Waals surface area contributed by atoms with E-state index in [1.54, 1.807) is 11.3 Å². The number of oxime groups is 1. The number of benzene rings is 6. The Morgan fingerprint density at radius 2 is 1.33 bits per heavy atom. The summed E-state index contributed by atoms with van der Waals surface area (Å²) in [5.74, 6) is -0.483. The van der Waals surface area contributed by atoms with E-state index in [0.717, 1.165) is 58.4 Å². The van der Waals surface area contributed by atoms with E-state index in [-0.39, 0.29) is 5.78 Å². The van der Waals surface area contributed by atoms with Crippen LogP contribution in [0.25, 0.3) is 41.7 Å². The number of thiophene rings is 1. The van der Waals surface area contributed by atoms with Gasteiger partial charge < -0.3 is 4.84 Å². The maximum atomic E-state index is 14.3. The Morgan fingerprint density at radius 1 is 0.643 bits per heavy atom. The minimum absolute atomic E-state index is 0.00238. The van der Waals surface area contributed by atoms with Crippen LogP contribution in [0.15, 0.2) is 120 Å². The number of hydrogen-bond donors (Lipinski definition) is 0. The average molecular weight is 564 g/mol. The monoisotopic (exact) mass is 563 g/mol. The lowest BCUT2D eigenvalue weighted by atomic mass is 9.92. The van der Waals surface area contributed by atoms with Gasteiger partial charge in [-0.1, -0.05) is 102 Å². The van der Waals surface area contributed by atoms with Crippen molar-refractivity contribution in [2.24, 2.45) is 5.16 Å². The fourth-order valence-corrected chi connectivity index (χ4v) is 6.91. The number of hydrogen-bond acceptors (Lipinski definition) is 5. The first kappa shape index (κ1) is 25.8. The van der Waals surface area contributed by atoms with Gasteiger partial charge in [-0.15, -0.1) is 11.3 Å². The fourth-order valence-electron chi connectivity index (χ4n) is 5.71. The van der Waals surface area contributed by atoms with Gasteiger partial charge in [-0.3, -0.25) is 4.79 Å². The van der Waals surface area contributed by atoms with Crippen LogP contribution in [0.3, 0.4) is 0 Å². The second-order valence-electron chi connectivity index (χ2n) is 10.4. The molecule has 0 unspecified atom stereocenters. The van der Waals surface area contributed by atoms with Crippen LogP contribution in [0.4, 0.5) is 0 Å². The molecule has 4 nitrogen and oxygen atoms in total. The van der Waals surface area contributed by atoms with Gasteiger partial charge in [0.1, 0.15) is 5.71 Å². The van der Waals surface area contributed by atoms with E-state index >= 15 is 0 Å². The van der Waals surface area contributed by atoms with Crippen molar-refractivity contribution in [3.05, 3.63) is 143 Å². The minimum Gasteiger partial charge on any atom is -0.318 e. The summed E-state index contributed by atoms with van der Waals surface area (Å²) in [7, 11) is 0. The van der Waals surface area contributed by atoms with Gasteiger partial charge in [-0.05, 0) is 46.8 Å². The van der Waals surface area contributed by atoms with Gasteiger partial charge in [0.25, 0.3) is 0 Å². The molecular weight excluding hydrogens is 538 g/mol. The number of aryl methyl sites for hydroxylation is 1. The van der Waals surface area contributed by atoms with Gasteiger partial charge in [0.05, 0.1) is 0 Å². The molecule has 6 aromatic carbocycles. The SMILES string of the molecule is CC(=O)O/N=C(/c1ccc2sc3c4ccccc4c(C(=O)c4cccc5ccccc45)cc3c2c1)c1ccccc1C. The Kier molecular flexibility index (Phi) is 6.37. The summed E-state index contributed by atoms with van der Waals surface area (Å²) in [4.78, 5) is 31.1. The third kappa shape index (κ3) is 4.35. The van der Waals surface area contributed by atoms with Crippen molar-refractivity contribution in [3.63, 3.8) is 0 Å². The molecule has 0 bridgehead atoms. The third-order valence-electron chi connectivity index (χ3n) is 7.69. The lowest BCUT2D eigenvalue weighted by Gasteiger charge is -2.11. The molecule has 0 N–H and O–H groups in total. The number of ketones is 1. The van der Waals surface area contributed by atoms with Gasteiger partial charge in [-0.25, -0.2) is 4.79 Å². The van der Waals surface area contributed by atoms with Crippen LogP contribution in [0.1, 0.15) is 39.5 Å². The van der Waals surface area contributed by atoms with Gasteiger partial charge in [0.15, 0.2) is 5.78 Å². The Bertz CT molecular complexity index is 2240. The molecule has 0 aliphatic heterocycles. The van der Waals surface area contributed by atoms with E-state index in [1.807, 2.05) is 104 Å². The fraction of sp³-hybridized carbons (Fsp3) is 0.0541. The minimum atomic E-state index is -0.480. The van der Waals surface area contributed by atoms with E-state index < -0.39 is 5.97 Å². The number of fused-ring (bicyclic) bond motifs is 6. The second-order valence-corrected chi connectivity index (χ2v) is 11.4. The van der Waals surface area contributed by atoms with Gasteiger partial charge in [0.2, 0.25) is 0 Å². The quantitative estimate of drug-likeness (QED) is 0.0908. The first-order valence-electron chi connectivity index (χ1n) is 13.7. The molecule has 0 saturated carbocycles. The second kappa shape index (κ2) is 10.4. The van der Waals surface area contributed by atoms with Crippen LogP contribution in [0, 0.1) is 6.92 Å². The summed E-state index contributed by atoms with van der Waals surface area (Å²) >= 11 is 1.71. The standard InChI is InChI=1S/C37H25NO3S/c1-22-10-3-5-13-26(22)35(38-41-23(2)39)25-18-19-34-31(20-25)33-21-32(28-15-7-8-16-30(28)37(33)42-34)36(40)29-17-9-12-24-11-4-6-14-27(24)29/h3-21H,1-2H3/b38-35-. The zero-order valence-electron chi connectivity index (χ0n) is 23.0. The van der Waals surface area contributed by atoms with Crippen molar-refractivity contribution < 1.29 is 14.4 Å². The summed E-state index contributed by atoms with van der Waals surface area (Å²) in [6, 6.07) is 38.1. The molecule has 0 saturated heterocycles. The third-order valence-corrected chi connectivity index (χ3v) is 8.91. The van der Waals surface area contributed by atoms with Crippen LogP contribution >= 0.6 is 11.3 Å². The molecule has 5 heteroatoms. The average Bonchev–Trinajstić information content (AvgIpc) is 3.39. The van der Waals surface area contributed by atoms with Gasteiger partial charge in [0, 0.05) is 54.7 Å². The Balaban J connectivity index is 1.48. The predicted molar refractivity (Wildman–Crippen MR) is 173 cm³/mol. The molecule has 0 aliphatic rings. The number of rotatable bonds is 5. The summed E-state index contributed by atoms with van der Waals surface area (Å²) in [5.41, 5.74) is 4.67. The first-order valence-corrected chi connectivity index (χ1v) is 14.5. The number of carbonyl (C=O) groups is 2. The van der Waals surface area contributed by atoms with E-state index in [9.17, 15) is 9.59 Å². The summed E-state index contributed by atoms with van der Waals surface area (Å²) in [6.07, 6.45) is 0. The molecule has 0 spiro atoms. The molecule has 7 aromatic rings. The van der Waals surface area contributed by atoms with Crippen molar-refractivity contribution in [3.8, 4) is 0 Å². The molecular formula is C37H25NO3S. The lowest BCUT2D eigenvalue weighted by Crippen LogP contribution is -2.07. The molecule has 0 atom stereocenters. The van der Waals surface area contributed by atoms with E-state index in [1.165, 1.54) is 6.92 Å². The van der Waals surface area contributed by atoms with E-state index in [0.29, 0.717) is 16.8 Å². The molecule has 0 amide bonds. The van der Waals surface area contributed by atoms with Crippen molar-refractivity contribution in [2.75, 3.05) is 0 Å². The Morgan fingerprint density at radius 3 is 2.14 bits per heavy atom. The molecule has 0 aliphatic carbocycles. The molecule has 7 rings (SSSR count). The zero-order valence-corrected chi connectivity index (χ0v) is 23.9. The summed E-state index contributed by atoms with van der Waals surface area (Å²) in [6.45, 7) is 3.35. The topological polar surface area (TPSA) is 55.7 Å². The van der Waals surface area contributed by atoms with Crippen LogP contribution in [-0.4, -0.2) is 17.5 Å². The molecule has 1 heterocycles. The van der Waals surface area contributed by atoms with E-state index in [4.69, 9.17) is 4.84 Å². The summed E-state index contributed by atoms with van der Waals surface area (Å²) in [5, 5.41) is 10.3. The highest BCUT2D eigenvalue weighted by Gasteiger charge is 2.20. The number of carbonyl (C=O) groups excluding carboxylic acids is 2. The van der Waals surface area contributed by atoms with Gasteiger partial charge >= 0.3 is 5.97 Å². The Labute approximate surface area is 246 Å². The molecule has 0 fully saturated rings. The summed E-state index contributed by atoms with van der Waals surface area (Å²) < 4.78 is 2.23. The molecule has 0 radical (unpaired) electrons. The van der Waals surface area contributed by atoms with Crippen LogP contribution in [-0.2, 0) is 9.63 Å². The maximum absolute atomic E-state index is 14.3. The highest BCUT2D eigenvalue weighted by atomic mass is 32.1. The van der Waals surface area contributed by atoms with Crippen LogP contribution in [0.2, 0.25) is 0 Å². The van der Waals surface area contributed by atoms with Crippen molar-refractivity contribution in [2.45, 2.75) is 13.8 Å².